The van der Waals surface area contributed by atoms with Crippen molar-refractivity contribution in [1.82, 2.24) is 4.90 Å². The van der Waals surface area contributed by atoms with Crippen LogP contribution in [0, 0.1) is 0 Å². The minimum absolute atomic E-state index is 0.647. The highest BCUT2D eigenvalue weighted by Gasteiger charge is 2.02. The maximum atomic E-state index is 5.60. The number of nitrogens with zero attached hydrogens (tertiary/aromatic N) is 1. The highest BCUT2D eigenvalue weighted by molar-refractivity contribution is 4.57. The fourth-order valence-corrected chi connectivity index (χ4v) is 1.95. The van der Waals surface area contributed by atoms with Gasteiger partial charge in [0.1, 0.15) is 0 Å². The van der Waals surface area contributed by atoms with Crippen LogP contribution in [0.25, 0.3) is 0 Å². The maximum Gasteiger partial charge on any atom is 0.0701 e. The van der Waals surface area contributed by atoms with Crippen molar-refractivity contribution in [2.24, 2.45) is 5.73 Å². The largest absolute Gasteiger partial charge is 0.379 e. The Balaban J connectivity index is 3.25. The van der Waals surface area contributed by atoms with Gasteiger partial charge in [0.05, 0.1) is 33.0 Å². The zero-order valence-corrected chi connectivity index (χ0v) is 14.1. The molecular weight excluding hydrogens is 268 g/mol. The summed E-state index contributed by atoms with van der Waals surface area (Å²) in [5, 5.41) is 0. The summed E-state index contributed by atoms with van der Waals surface area (Å²) in [6, 6.07) is 0. The molecular formula is C16H36N2O3. The lowest BCUT2D eigenvalue weighted by Gasteiger charge is -2.21. The summed E-state index contributed by atoms with van der Waals surface area (Å²) in [4.78, 5) is 2.41. The SMILES string of the molecule is CCCCOCCOCCOCCN(CCC)CCCN. The third-order valence-corrected chi connectivity index (χ3v) is 3.16. The smallest absolute Gasteiger partial charge is 0.0701 e. The van der Waals surface area contributed by atoms with Crippen LogP contribution in [0.1, 0.15) is 39.5 Å². The molecule has 0 saturated heterocycles. The van der Waals surface area contributed by atoms with Crippen LogP contribution < -0.4 is 5.73 Å². The molecule has 0 rings (SSSR count). The average molecular weight is 304 g/mol. The van der Waals surface area contributed by atoms with Crippen LogP contribution in [-0.2, 0) is 14.2 Å². The third kappa shape index (κ3) is 16.0. The van der Waals surface area contributed by atoms with Crippen LogP contribution in [0.3, 0.4) is 0 Å². The molecule has 0 unspecified atom stereocenters. The first-order chi connectivity index (χ1) is 10.3. The minimum Gasteiger partial charge on any atom is -0.379 e. The van der Waals surface area contributed by atoms with E-state index in [1.54, 1.807) is 0 Å². The molecule has 0 aliphatic heterocycles. The van der Waals surface area contributed by atoms with E-state index in [2.05, 4.69) is 18.7 Å². The molecule has 0 aromatic heterocycles. The van der Waals surface area contributed by atoms with Gasteiger partial charge in [-0.3, -0.25) is 0 Å². The van der Waals surface area contributed by atoms with Gasteiger partial charge in [0, 0.05) is 13.2 Å². The number of hydrogen-bond acceptors (Lipinski definition) is 5. The number of nitrogens with two attached hydrogens (primary N) is 1. The molecule has 0 radical (unpaired) electrons. The van der Waals surface area contributed by atoms with Crippen molar-refractivity contribution < 1.29 is 14.2 Å². The van der Waals surface area contributed by atoms with E-state index in [1.165, 1.54) is 12.8 Å². The van der Waals surface area contributed by atoms with Gasteiger partial charge in [-0.2, -0.15) is 0 Å². The molecule has 0 spiro atoms. The summed E-state index contributed by atoms with van der Waals surface area (Å²) in [7, 11) is 0. The van der Waals surface area contributed by atoms with Crippen LogP contribution >= 0.6 is 0 Å². The Hall–Kier alpha value is -0.200. The van der Waals surface area contributed by atoms with Gasteiger partial charge < -0.3 is 24.8 Å². The molecule has 0 aliphatic carbocycles. The van der Waals surface area contributed by atoms with Crippen molar-refractivity contribution in [3.8, 4) is 0 Å². The van der Waals surface area contributed by atoms with Gasteiger partial charge in [-0.05, 0) is 38.9 Å². The van der Waals surface area contributed by atoms with Gasteiger partial charge in [-0.15, -0.1) is 0 Å². The van der Waals surface area contributed by atoms with Gasteiger partial charge in [0.2, 0.25) is 0 Å². The van der Waals surface area contributed by atoms with E-state index in [0.717, 1.165) is 52.2 Å². The van der Waals surface area contributed by atoms with Crippen molar-refractivity contribution in [3.63, 3.8) is 0 Å². The summed E-state index contributed by atoms with van der Waals surface area (Å²) in [6.07, 6.45) is 4.53. The molecule has 21 heavy (non-hydrogen) atoms. The van der Waals surface area contributed by atoms with Crippen LogP contribution in [0.4, 0.5) is 0 Å². The van der Waals surface area contributed by atoms with Gasteiger partial charge in [-0.1, -0.05) is 20.3 Å². The number of unbranched alkanes of at least 4 members (excludes halogenated alkanes) is 1. The number of rotatable bonds is 17. The lowest BCUT2D eigenvalue weighted by molar-refractivity contribution is 0.0101. The maximum absolute atomic E-state index is 5.60. The van der Waals surface area contributed by atoms with Crippen LogP contribution in [-0.4, -0.2) is 70.7 Å². The Bertz CT molecular complexity index is 194. The first-order valence-corrected chi connectivity index (χ1v) is 8.50. The summed E-state index contributed by atoms with van der Waals surface area (Å²) in [5.41, 5.74) is 5.55. The number of hydrogen-bond donors (Lipinski definition) is 1. The molecule has 5 heteroatoms. The van der Waals surface area contributed by atoms with E-state index in [9.17, 15) is 0 Å². The van der Waals surface area contributed by atoms with Crippen LogP contribution in [0.5, 0.6) is 0 Å². The highest BCUT2D eigenvalue weighted by Crippen LogP contribution is 1.94. The molecule has 0 fully saturated rings. The Morgan fingerprint density at radius 3 is 1.86 bits per heavy atom. The highest BCUT2D eigenvalue weighted by atomic mass is 16.5. The first-order valence-electron chi connectivity index (χ1n) is 8.50. The second kappa shape index (κ2) is 17.9. The van der Waals surface area contributed by atoms with Gasteiger partial charge in [-0.25, -0.2) is 0 Å². The molecule has 0 aliphatic rings. The fourth-order valence-electron chi connectivity index (χ4n) is 1.95. The Morgan fingerprint density at radius 1 is 0.667 bits per heavy atom. The average Bonchev–Trinajstić information content (AvgIpc) is 2.50. The normalized spacial score (nSPS) is 11.4. The third-order valence-electron chi connectivity index (χ3n) is 3.16. The Morgan fingerprint density at radius 2 is 1.29 bits per heavy atom. The van der Waals surface area contributed by atoms with E-state index in [1.807, 2.05) is 0 Å². The first kappa shape index (κ1) is 20.8. The second-order valence-corrected chi connectivity index (χ2v) is 5.17. The predicted octanol–water partition coefficient (Wildman–Crippen LogP) is 1.90. The zero-order valence-electron chi connectivity index (χ0n) is 14.1. The zero-order chi connectivity index (χ0) is 15.6. The van der Waals surface area contributed by atoms with Crippen molar-refractivity contribution in [2.75, 3.05) is 65.8 Å². The second-order valence-electron chi connectivity index (χ2n) is 5.17. The van der Waals surface area contributed by atoms with Gasteiger partial charge >= 0.3 is 0 Å². The minimum atomic E-state index is 0.647. The summed E-state index contributed by atoms with van der Waals surface area (Å²) in [5.74, 6) is 0. The molecule has 0 saturated carbocycles. The molecule has 0 bridgehead atoms. The van der Waals surface area contributed by atoms with E-state index in [4.69, 9.17) is 19.9 Å². The molecule has 0 aromatic carbocycles. The van der Waals surface area contributed by atoms with Crippen LogP contribution in [0.15, 0.2) is 0 Å². The Labute approximate surface area is 131 Å². The van der Waals surface area contributed by atoms with Gasteiger partial charge in [0.25, 0.3) is 0 Å². The predicted molar refractivity (Wildman–Crippen MR) is 87.8 cm³/mol. The van der Waals surface area contributed by atoms with E-state index >= 15 is 0 Å². The van der Waals surface area contributed by atoms with E-state index in [-0.39, 0.29) is 0 Å². The number of ether oxygens (including phenoxy) is 3. The monoisotopic (exact) mass is 304 g/mol. The molecule has 5 nitrogen and oxygen atoms in total. The molecule has 128 valence electrons. The molecule has 0 aromatic rings. The summed E-state index contributed by atoms with van der Waals surface area (Å²) in [6.45, 7) is 12.5. The van der Waals surface area contributed by atoms with E-state index in [0.29, 0.717) is 26.4 Å². The van der Waals surface area contributed by atoms with Gasteiger partial charge in [0.15, 0.2) is 0 Å². The topological polar surface area (TPSA) is 57.0 Å². The lowest BCUT2D eigenvalue weighted by atomic mass is 10.3. The van der Waals surface area contributed by atoms with Crippen molar-refractivity contribution in [2.45, 2.75) is 39.5 Å². The molecule has 0 amide bonds. The molecule has 2 N–H and O–H groups in total. The van der Waals surface area contributed by atoms with Crippen molar-refractivity contribution >= 4 is 0 Å². The lowest BCUT2D eigenvalue weighted by Crippen LogP contribution is -2.31. The standard InChI is InChI=1S/C16H36N2O3/c1-3-5-11-19-13-15-21-16-14-20-12-10-18(8-4-2)9-6-7-17/h3-17H2,1-2H3. The Kier molecular flexibility index (Phi) is 17.7. The van der Waals surface area contributed by atoms with Crippen molar-refractivity contribution in [1.29, 1.82) is 0 Å². The van der Waals surface area contributed by atoms with Crippen LogP contribution in [0.2, 0.25) is 0 Å². The molecule has 0 atom stereocenters. The molecule has 0 heterocycles. The summed E-state index contributed by atoms with van der Waals surface area (Å²) < 4.78 is 16.5. The van der Waals surface area contributed by atoms with E-state index < -0.39 is 0 Å². The van der Waals surface area contributed by atoms with Crippen molar-refractivity contribution in [3.05, 3.63) is 0 Å². The fraction of sp³-hybridized carbons (Fsp3) is 1.00. The summed E-state index contributed by atoms with van der Waals surface area (Å²) >= 11 is 0. The quantitative estimate of drug-likeness (QED) is 0.416.